The number of hydrogen-bond donors (Lipinski definition) is 0. The Bertz CT molecular complexity index is 1240. The lowest BCUT2D eigenvalue weighted by atomic mass is 10.1. The number of carboxylic acid groups (broad SMARTS) is 1. The standard InChI is InChI=1S/C25H23N3O3S3/c1-2-14-33-20-10-8-17(9-11-20)23-18(16-28(26-23)19-6-4-3-5-7-19)15-21-24(31)27(25(32)34-21)13-12-22(29)30/h3-11,15-16H,2,12-14H2,1H3,(H,29,30)/p-1/b21-15-. The average Bonchev–Trinajstić information content (AvgIpc) is 3.38. The molecule has 1 aliphatic rings. The summed E-state index contributed by atoms with van der Waals surface area (Å²) in [6.07, 6.45) is 4.51. The summed E-state index contributed by atoms with van der Waals surface area (Å²) in [5.74, 6) is -0.460. The maximum atomic E-state index is 12.9. The Kier molecular flexibility index (Phi) is 7.87. The molecule has 9 heteroatoms. The molecule has 1 fully saturated rings. The smallest absolute Gasteiger partial charge is 0.266 e. The summed E-state index contributed by atoms with van der Waals surface area (Å²) in [7, 11) is 0. The summed E-state index contributed by atoms with van der Waals surface area (Å²) in [5, 5.41) is 15.7. The van der Waals surface area contributed by atoms with Crippen LogP contribution >= 0.6 is 35.7 Å². The van der Waals surface area contributed by atoms with Crippen LogP contribution in [0.4, 0.5) is 0 Å². The Labute approximate surface area is 212 Å². The van der Waals surface area contributed by atoms with Crippen molar-refractivity contribution < 1.29 is 14.7 Å². The first-order chi connectivity index (χ1) is 16.5. The van der Waals surface area contributed by atoms with Crippen molar-refractivity contribution in [1.82, 2.24) is 14.7 Å². The van der Waals surface area contributed by atoms with Crippen molar-refractivity contribution >= 4 is 58.0 Å². The van der Waals surface area contributed by atoms with Crippen molar-refractivity contribution in [3.05, 3.63) is 71.3 Å². The van der Waals surface area contributed by atoms with E-state index in [9.17, 15) is 14.7 Å². The Morgan fingerprint density at radius 2 is 1.91 bits per heavy atom. The number of hydrogen-bond acceptors (Lipinski definition) is 7. The zero-order chi connectivity index (χ0) is 24.1. The molecule has 6 nitrogen and oxygen atoms in total. The van der Waals surface area contributed by atoms with Crippen LogP contribution in [-0.2, 0) is 9.59 Å². The second kappa shape index (κ2) is 11.0. The van der Waals surface area contributed by atoms with E-state index < -0.39 is 5.97 Å². The minimum atomic E-state index is -1.22. The number of carboxylic acids is 1. The summed E-state index contributed by atoms with van der Waals surface area (Å²) in [4.78, 5) is 26.7. The molecule has 1 amide bonds. The number of carbonyl (C=O) groups excluding carboxylic acids is 2. The minimum Gasteiger partial charge on any atom is -0.550 e. The third-order valence-electron chi connectivity index (χ3n) is 5.06. The first-order valence-corrected chi connectivity index (χ1v) is 13.0. The Hall–Kier alpha value is -2.88. The number of carbonyl (C=O) groups is 2. The molecule has 0 saturated carbocycles. The first kappa shape index (κ1) is 24.3. The van der Waals surface area contributed by atoms with Gasteiger partial charge in [0.2, 0.25) is 0 Å². The van der Waals surface area contributed by atoms with Crippen molar-refractivity contribution in [2.24, 2.45) is 0 Å². The molecule has 0 radical (unpaired) electrons. The van der Waals surface area contributed by atoms with Crippen molar-refractivity contribution in [3.63, 3.8) is 0 Å². The third-order valence-corrected chi connectivity index (χ3v) is 7.66. The molecule has 0 N–H and O–H groups in total. The van der Waals surface area contributed by atoms with E-state index >= 15 is 0 Å². The SMILES string of the molecule is CCCSc1ccc(-c2nn(-c3ccccc3)cc2/C=C2\SC(=S)N(CCC(=O)[O-])C2=O)cc1. The van der Waals surface area contributed by atoms with Gasteiger partial charge in [0, 0.05) is 41.2 Å². The largest absolute Gasteiger partial charge is 0.550 e. The molecule has 1 aromatic heterocycles. The van der Waals surface area contributed by atoms with Gasteiger partial charge in [0.25, 0.3) is 5.91 Å². The predicted molar refractivity (Wildman–Crippen MR) is 140 cm³/mol. The highest BCUT2D eigenvalue weighted by Crippen LogP contribution is 2.35. The number of amides is 1. The second-order valence-electron chi connectivity index (χ2n) is 7.54. The molecule has 34 heavy (non-hydrogen) atoms. The molecule has 174 valence electrons. The summed E-state index contributed by atoms with van der Waals surface area (Å²) in [6, 6.07) is 18.0. The van der Waals surface area contributed by atoms with E-state index in [1.807, 2.05) is 60.4 Å². The fourth-order valence-corrected chi connectivity index (χ4v) is 5.46. The number of benzene rings is 2. The molecule has 0 atom stereocenters. The normalized spacial score (nSPS) is 14.9. The number of para-hydroxylation sites is 1. The van der Waals surface area contributed by atoms with Crippen molar-refractivity contribution in [1.29, 1.82) is 0 Å². The van der Waals surface area contributed by atoms with Crippen LogP contribution in [0.25, 0.3) is 23.0 Å². The first-order valence-electron chi connectivity index (χ1n) is 10.8. The van der Waals surface area contributed by atoms with Gasteiger partial charge in [0.15, 0.2) is 0 Å². The molecule has 0 bridgehead atoms. The number of thiocarbonyl (C=S) groups is 1. The van der Waals surface area contributed by atoms with Gasteiger partial charge >= 0.3 is 0 Å². The lowest BCUT2D eigenvalue weighted by Crippen LogP contribution is -2.33. The van der Waals surface area contributed by atoms with Crippen LogP contribution < -0.4 is 5.11 Å². The van der Waals surface area contributed by atoms with Crippen molar-refractivity contribution in [2.45, 2.75) is 24.7 Å². The van der Waals surface area contributed by atoms with Crippen LogP contribution in [0.3, 0.4) is 0 Å². The van der Waals surface area contributed by atoms with E-state index in [2.05, 4.69) is 19.1 Å². The maximum Gasteiger partial charge on any atom is 0.266 e. The zero-order valence-corrected chi connectivity index (χ0v) is 20.9. The summed E-state index contributed by atoms with van der Waals surface area (Å²) in [6.45, 7) is 2.16. The van der Waals surface area contributed by atoms with Gasteiger partial charge in [-0.2, -0.15) is 5.10 Å². The molecule has 0 aliphatic carbocycles. The monoisotopic (exact) mass is 508 g/mol. The lowest BCUT2D eigenvalue weighted by molar-refractivity contribution is -0.305. The maximum absolute atomic E-state index is 12.9. The van der Waals surface area contributed by atoms with Crippen LogP contribution in [0.1, 0.15) is 25.3 Å². The van der Waals surface area contributed by atoms with E-state index in [0.29, 0.717) is 9.23 Å². The fourth-order valence-electron chi connectivity index (χ4n) is 3.40. The van der Waals surface area contributed by atoms with Gasteiger partial charge in [-0.05, 0) is 42.5 Å². The van der Waals surface area contributed by atoms with E-state index in [0.717, 1.165) is 46.4 Å². The molecule has 1 saturated heterocycles. The predicted octanol–water partition coefficient (Wildman–Crippen LogP) is 4.38. The zero-order valence-electron chi connectivity index (χ0n) is 18.5. The highest BCUT2D eigenvalue weighted by molar-refractivity contribution is 8.26. The van der Waals surface area contributed by atoms with Crippen LogP contribution in [0, 0.1) is 0 Å². The van der Waals surface area contributed by atoms with Crippen molar-refractivity contribution in [3.8, 4) is 16.9 Å². The number of aliphatic carboxylic acids is 1. The molecule has 2 aromatic carbocycles. The van der Waals surface area contributed by atoms with Gasteiger partial charge < -0.3 is 9.90 Å². The van der Waals surface area contributed by atoms with Gasteiger partial charge in [0.1, 0.15) is 4.32 Å². The number of thioether (sulfide) groups is 2. The molecule has 0 unspecified atom stereocenters. The van der Waals surface area contributed by atoms with Gasteiger partial charge in [-0.15, -0.1) is 11.8 Å². The fraction of sp³-hybridized carbons (Fsp3) is 0.200. The second-order valence-corrected chi connectivity index (χ2v) is 10.4. The van der Waals surface area contributed by atoms with E-state index in [-0.39, 0.29) is 18.9 Å². The highest BCUT2D eigenvalue weighted by atomic mass is 32.2. The minimum absolute atomic E-state index is 0.00262. The van der Waals surface area contributed by atoms with Gasteiger partial charge in [-0.1, -0.05) is 61.2 Å². The Balaban J connectivity index is 1.70. The molecule has 2 heterocycles. The molecular weight excluding hydrogens is 486 g/mol. The van der Waals surface area contributed by atoms with E-state index in [1.165, 1.54) is 9.80 Å². The molecule has 0 spiro atoms. The van der Waals surface area contributed by atoms with Gasteiger partial charge in [0.05, 0.1) is 16.3 Å². The number of aromatic nitrogens is 2. The number of rotatable bonds is 9. The Morgan fingerprint density at radius 3 is 2.59 bits per heavy atom. The summed E-state index contributed by atoms with van der Waals surface area (Å²) >= 11 is 8.29. The number of nitrogens with zero attached hydrogens (tertiary/aromatic N) is 3. The molecular formula is C25H22N3O3S3-. The topological polar surface area (TPSA) is 78.3 Å². The van der Waals surface area contributed by atoms with Crippen LogP contribution in [0.15, 0.2) is 70.6 Å². The summed E-state index contributed by atoms with van der Waals surface area (Å²) < 4.78 is 2.13. The molecule has 4 rings (SSSR count). The van der Waals surface area contributed by atoms with Crippen LogP contribution in [0.5, 0.6) is 0 Å². The lowest BCUT2D eigenvalue weighted by Gasteiger charge is -2.14. The van der Waals surface area contributed by atoms with E-state index in [1.54, 1.807) is 10.8 Å². The molecule has 3 aromatic rings. The van der Waals surface area contributed by atoms with Gasteiger partial charge in [-0.25, -0.2) is 4.68 Å². The van der Waals surface area contributed by atoms with E-state index in [4.69, 9.17) is 17.3 Å². The third kappa shape index (κ3) is 5.60. The van der Waals surface area contributed by atoms with Crippen LogP contribution in [-0.4, -0.2) is 43.2 Å². The summed E-state index contributed by atoms with van der Waals surface area (Å²) in [5.41, 5.74) is 3.36. The van der Waals surface area contributed by atoms with Crippen LogP contribution in [0.2, 0.25) is 0 Å². The quantitative estimate of drug-likeness (QED) is 0.241. The van der Waals surface area contributed by atoms with Gasteiger partial charge in [-0.3, -0.25) is 9.69 Å². The Morgan fingerprint density at radius 1 is 1.18 bits per heavy atom. The molecule has 1 aliphatic heterocycles. The average molecular weight is 509 g/mol. The highest BCUT2D eigenvalue weighted by Gasteiger charge is 2.32. The van der Waals surface area contributed by atoms with Crippen molar-refractivity contribution in [2.75, 3.05) is 12.3 Å².